The van der Waals surface area contributed by atoms with E-state index in [2.05, 4.69) is 6.58 Å². The van der Waals surface area contributed by atoms with Crippen molar-refractivity contribution >= 4 is 41.8 Å². The number of ether oxygens (including phenoxy) is 3. The Morgan fingerprint density at radius 2 is 1.38 bits per heavy atom. The van der Waals surface area contributed by atoms with Gasteiger partial charge in [-0.2, -0.15) is 0 Å². The van der Waals surface area contributed by atoms with Crippen LogP contribution in [-0.4, -0.2) is 42.4 Å². The number of phenolic OH excluding ortho intramolecular Hbond substituents is 1. The van der Waals surface area contributed by atoms with E-state index in [-0.39, 0.29) is 24.7 Å². The molecule has 0 radical (unpaired) electrons. The standard InChI is InChI=1S/C36H30ClNO7/c1-2-33(40)43-21-3-4-22-44-36(42)27-12-16-29(17-13-27)45-34(41)20-7-24-5-8-25(9-6-24)30-18-19-31(35(37)32(30)23-38)26-10-14-28(39)15-11-26/h2,5-20,23,38-39H,1,3-4,21-22H2/b20-7+,38-23?. The molecule has 0 spiro atoms. The van der Waals surface area contributed by atoms with Crippen molar-refractivity contribution in [3.8, 4) is 33.8 Å². The summed E-state index contributed by atoms with van der Waals surface area (Å²) in [6, 6.07) is 23.9. The number of unbranched alkanes of at least 4 members (excludes halogenated alkanes) is 1. The number of hydrogen-bond donors (Lipinski definition) is 2. The minimum absolute atomic E-state index is 0.158. The van der Waals surface area contributed by atoms with Gasteiger partial charge in [-0.1, -0.05) is 66.7 Å². The Morgan fingerprint density at radius 1 is 0.778 bits per heavy atom. The number of esters is 3. The first-order valence-corrected chi connectivity index (χ1v) is 14.4. The van der Waals surface area contributed by atoms with Crippen molar-refractivity contribution in [1.82, 2.24) is 0 Å². The number of hydrogen-bond acceptors (Lipinski definition) is 8. The second kappa shape index (κ2) is 15.8. The molecular weight excluding hydrogens is 594 g/mol. The molecule has 0 aromatic heterocycles. The summed E-state index contributed by atoms with van der Waals surface area (Å²) in [5.41, 5.74) is 4.85. The zero-order chi connectivity index (χ0) is 32.2. The number of halogens is 1. The maximum atomic E-state index is 12.4. The van der Waals surface area contributed by atoms with Gasteiger partial charge in [0, 0.05) is 29.5 Å². The smallest absolute Gasteiger partial charge is 0.338 e. The van der Waals surface area contributed by atoms with Gasteiger partial charge in [-0.05, 0) is 77.6 Å². The molecule has 8 nitrogen and oxygen atoms in total. The van der Waals surface area contributed by atoms with Crippen LogP contribution in [0.3, 0.4) is 0 Å². The van der Waals surface area contributed by atoms with Gasteiger partial charge in [0.25, 0.3) is 0 Å². The molecule has 0 saturated carbocycles. The molecule has 0 bridgehead atoms. The largest absolute Gasteiger partial charge is 0.508 e. The SMILES string of the molecule is C=CC(=O)OCCCCOC(=O)c1ccc(OC(=O)/C=C/c2ccc(-c3ccc(-c4ccc(O)cc4)c(Cl)c3C=N)cc2)cc1. The van der Waals surface area contributed by atoms with Gasteiger partial charge in [-0.25, -0.2) is 14.4 Å². The summed E-state index contributed by atoms with van der Waals surface area (Å²) in [5.74, 6) is -1.16. The van der Waals surface area contributed by atoms with E-state index in [0.29, 0.717) is 29.0 Å². The number of carbonyl (C=O) groups is 3. The van der Waals surface area contributed by atoms with Gasteiger partial charge in [0.15, 0.2) is 0 Å². The molecule has 4 aromatic carbocycles. The summed E-state index contributed by atoms with van der Waals surface area (Å²) in [4.78, 5) is 35.6. The average Bonchev–Trinajstić information content (AvgIpc) is 3.06. The summed E-state index contributed by atoms with van der Waals surface area (Å²) in [5, 5.41) is 18.0. The van der Waals surface area contributed by atoms with Crippen LogP contribution >= 0.6 is 11.6 Å². The van der Waals surface area contributed by atoms with Crippen molar-refractivity contribution in [3.63, 3.8) is 0 Å². The third kappa shape index (κ3) is 9.01. The van der Waals surface area contributed by atoms with Gasteiger partial charge in [-0.3, -0.25) is 0 Å². The second-order valence-electron chi connectivity index (χ2n) is 9.70. The highest BCUT2D eigenvalue weighted by Gasteiger charge is 2.13. The lowest BCUT2D eigenvalue weighted by atomic mass is 9.94. The van der Waals surface area contributed by atoms with Gasteiger partial charge < -0.3 is 24.7 Å². The molecule has 0 fully saturated rings. The fourth-order valence-electron chi connectivity index (χ4n) is 4.28. The number of carbonyl (C=O) groups excluding carboxylic acids is 3. The number of phenols is 1. The van der Waals surface area contributed by atoms with E-state index >= 15 is 0 Å². The van der Waals surface area contributed by atoms with Gasteiger partial charge in [0.2, 0.25) is 0 Å². The van der Waals surface area contributed by atoms with Crippen LogP contribution < -0.4 is 4.74 Å². The Hall–Kier alpha value is -5.47. The van der Waals surface area contributed by atoms with Crippen LogP contribution in [0.2, 0.25) is 5.02 Å². The quantitative estimate of drug-likeness (QED) is 0.0515. The van der Waals surface area contributed by atoms with Gasteiger partial charge in [0.1, 0.15) is 11.5 Å². The highest BCUT2D eigenvalue weighted by Crippen LogP contribution is 2.36. The summed E-state index contributed by atoms with van der Waals surface area (Å²) in [6.45, 7) is 3.72. The molecule has 0 heterocycles. The summed E-state index contributed by atoms with van der Waals surface area (Å²) in [7, 11) is 0. The second-order valence-corrected chi connectivity index (χ2v) is 10.1. The Kier molecular flexibility index (Phi) is 11.4. The van der Waals surface area contributed by atoms with Gasteiger partial charge in [0.05, 0.1) is 23.8 Å². The predicted octanol–water partition coefficient (Wildman–Crippen LogP) is 7.66. The lowest BCUT2D eigenvalue weighted by Gasteiger charge is -2.13. The zero-order valence-electron chi connectivity index (χ0n) is 24.2. The normalized spacial score (nSPS) is 10.7. The molecule has 0 amide bonds. The van der Waals surface area contributed by atoms with Crippen LogP contribution in [0.15, 0.2) is 104 Å². The first-order chi connectivity index (χ1) is 21.8. The minimum Gasteiger partial charge on any atom is -0.508 e. The highest BCUT2D eigenvalue weighted by molar-refractivity contribution is 6.36. The molecule has 45 heavy (non-hydrogen) atoms. The van der Waals surface area contributed by atoms with Crippen LogP contribution in [0.25, 0.3) is 28.3 Å². The van der Waals surface area contributed by atoms with Gasteiger partial charge >= 0.3 is 17.9 Å². The molecule has 4 rings (SSSR count). The molecule has 2 N–H and O–H groups in total. The molecule has 0 saturated heterocycles. The van der Waals surface area contributed by atoms with Crippen molar-refractivity contribution in [2.75, 3.05) is 13.2 Å². The first kappa shape index (κ1) is 32.4. The maximum absolute atomic E-state index is 12.4. The van der Waals surface area contributed by atoms with E-state index in [0.717, 1.165) is 33.9 Å². The molecule has 0 aliphatic heterocycles. The lowest BCUT2D eigenvalue weighted by molar-refractivity contribution is -0.138. The number of benzene rings is 4. The first-order valence-electron chi connectivity index (χ1n) is 14.0. The lowest BCUT2D eigenvalue weighted by Crippen LogP contribution is -2.08. The van der Waals surface area contributed by atoms with Crippen LogP contribution in [0.1, 0.15) is 34.3 Å². The summed E-state index contributed by atoms with van der Waals surface area (Å²) in [6.07, 6.45) is 6.32. The Balaban J connectivity index is 1.30. The fourth-order valence-corrected chi connectivity index (χ4v) is 4.61. The molecule has 0 unspecified atom stereocenters. The van der Waals surface area contributed by atoms with Crippen molar-refractivity contribution in [2.24, 2.45) is 0 Å². The van der Waals surface area contributed by atoms with E-state index in [4.69, 9.17) is 31.2 Å². The summed E-state index contributed by atoms with van der Waals surface area (Å²) < 4.78 is 15.4. The van der Waals surface area contributed by atoms with Crippen LogP contribution in [-0.2, 0) is 19.1 Å². The summed E-state index contributed by atoms with van der Waals surface area (Å²) >= 11 is 6.68. The third-order valence-electron chi connectivity index (χ3n) is 6.63. The van der Waals surface area contributed by atoms with E-state index in [9.17, 15) is 19.5 Å². The monoisotopic (exact) mass is 623 g/mol. The third-order valence-corrected chi connectivity index (χ3v) is 7.03. The van der Waals surface area contributed by atoms with E-state index in [1.807, 2.05) is 36.4 Å². The minimum atomic E-state index is -0.589. The Bertz CT molecular complexity index is 1710. The van der Waals surface area contributed by atoms with Crippen LogP contribution in [0, 0.1) is 5.41 Å². The van der Waals surface area contributed by atoms with E-state index in [1.165, 1.54) is 36.6 Å². The number of aromatic hydroxyl groups is 1. The highest BCUT2D eigenvalue weighted by atomic mass is 35.5. The molecule has 9 heteroatoms. The maximum Gasteiger partial charge on any atom is 0.338 e. The van der Waals surface area contributed by atoms with Crippen LogP contribution in [0.5, 0.6) is 11.5 Å². The molecule has 0 aliphatic carbocycles. The molecule has 0 atom stereocenters. The van der Waals surface area contributed by atoms with Crippen molar-refractivity contribution < 1.29 is 33.7 Å². The van der Waals surface area contributed by atoms with Crippen molar-refractivity contribution in [2.45, 2.75) is 12.8 Å². The predicted molar refractivity (Wildman–Crippen MR) is 174 cm³/mol. The Morgan fingerprint density at radius 3 is 2.02 bits per heavy atom. The van der Waals surface area contributed by atoms with Gasteiger partial charge in [-0.15, -0.1) is 0 Å². The fraction of sp³-hybridized carbons (Fsp3) is 0.111. The van der Waals surface area contributed by atoms with E-state index < -0.39 is 17.9 Å². The number of nitrogens with one attached hydrogen (secondary N) is 1. The van der Waals surface area contributed by atoms with Crippen molar-refractivity contribution in [3.05, 3.63) is 125 Å². The molecular formula is C36H30ClNO7. The molecule has 0 aliphatic rings. The van der Waals surface area contributed by atoms with Crippen LogP contribution in [0.4, 0.5) is 0 Å². The topological polar surface area (TPSA) is 123 Å². The Labute approximate surface area is 265 Å². The van der Waals surface area contributed by atoms with Crippen molar-refractivity contribution in [1.29, 1.82) is 5.41 Å². The average molecular weight is 624 g/mol. The van der Waals surface area contributed by atoms with E-state index in [1.54, 1.807) is 30.3 Å². The zero-order valence-corrected chi connectivity index (χ0v) is 25.0. The molecule has 4 aromatic rings. The molecule has 228 valence electrons. The number of rotatable bonds is 13.